The summed E-state index contributed by atoms with van der Waals surface area (Å²) in [6, 6.07) is 0. The Hall–Kier alpha value is 0. The molecule has 0 N–H and O–H groups in total. The van der Waals surface area contributed by atoms with Crippen molar-refractivity contribution in [2.45, 2.75) is 39.0 Å². The highest BCUT2D eigenvalue weighted by atomic mass is 14.7. The van der Waals surface area contributed by atoms with E-state index in [9.17, 15) is 0 Å². The quantitative estimate of drug-likeness (QED) is 0.480. The van der Waals surface area contributed by atoms with Crippen molar-refractivity contribution in [3.8, 4) is 0 Å². The number of hydrogen-bond donors (Lipinski definition) is 0. The lowest BCUT2D eigenvalue weighted by Gasteiger charge is -2.11. The van der Waals surface area contributed by atoms with Gasteiger partial charge in [-0.2, -0.15) is 0 Å². The zero-order chi connectivity index (χ0) is 6.77. The first kappa shape index (κ1) is 5.62. The molecular formula is C10H16. The minimum atomic E-state index is 0.857. The molecule has 0 aromatic carbocycles. The monoisotopic (exact) mass is 136 g/mol. The van der Waals surface area contributed by atoms with Crippen LogP contribution in [0.5, 0.6) is 0 Å². The van der Waals surface area contributed by atoms with Gasteiger partial charge in [0.1, 0.15) is 0 Å². The van der Waals surface area contributed by atoms with Gasteiger partial charge in [0.2, 0.25) is 0 Å². The molecule has 0 heterocycles. The van der Waals surface area contributed by atoms with Crippen LogP contribution in [0.4, 0.5) is 0 Å². The average molecular weight is 136 g/mol. The molecule has 3 fully saturated rings. The molecular weight excluding hydrogens is 120 g/mol. The molecule has 10 heavy (non-hydrogen) atoms. The van der Waals surface area contributed by atoms with Gasteiger partial charge in [0, 0.05) is 0 Å². The van der Waals surface area contributed by atoms with E-state index in [1.165, 1.54) is 17.8 Å². The van der Waals surface area contributed by atoms with Crippen molar-refractivity contribution in [1.29, 1.82) is 0 Å². The van der Waals surface area contributed by atoms with Crippen molar-refractivity contribution in [2.24, 2.45) is 23.2 Å². The molecule has 0 radical (unpaired) electrons. The van der Waals surface area contributed by atoms with Gasteiger partial charge in [0.05, 0.1) is 0 Å². The van der Waals surface area contributed by atoms with Gasteiger partial charge in [-0.25, -0.2) is 0 Å². The van der Waals surface area contributed by atoms with Crippen LogP contribution in [0.15, 0.2) is 0 Å². The summed E-state index contributed by atoms with van der Waals surface area (Å²) in [5.41, 5.74) is 0.857. The largest absolute Gasteiger partial charge is 0.0593 e. The minimum absolute atomic E-state index is 0.857. The molecule has 3 rings (SSSR count). The van der Waals surface area contributed by atoms with Crippen LogP contribution in [0.3, 0.4) is 0 Å². The fourth-order valence-corrected chi connectivity index (χ4v) is 3.79. The highest BCUT2D eigenvalue weighted by Gasteiger charge is 2.62. The first-order chi connectivity index (χ1) is 4.80. The summed E-state index contributed by atoms with van der Waals surface area (Å²) in [6.45, 7) is 2.51. The molecule has 0 spiro atoms. The molecule has 56 valence electrons. The van der Waals surface area contributed by atoms with Crippen LogP contribution in [0.2, 0.25) is 0 Å². The van der Waals surface area contributed by atoms with Crippen LogP contribution in [-0.2, 0) is 0 Å². The summed E-state index contributed by atoms with van der Waals surface area (Å²) in [6.07, 6.45) is 7.85. The lowest BCUT2D eigenvalue weighted by atomic mass is 9.94. The predicted octanol–water partition coefficient (Wildman–Crippen LogP) is 2.83. The highest BCUT2D eigenvalue weighted by molar-refractivity contribution is 5.11. The van der Waals surface area contributed by atoms with Gasteiger partial charge < -0.3 is 0 Å². The Labute approximate surface area is 63.0 Å². The molecule has 0 saturated heterocycles. The second-order valence-corrected chi connectivity index (χ2v) is 5.02. The van der Waals surface area contributed by atoms with Crippen LogP contribution in [-0.4, -0.2) is 0 Å². The maximum atomic E-state index is 2.51. The third-order valence-corrected chi connectivity index (χ3v) is 4.38. The normalized spacial score (nSPS) is 63.9. The van der Waals surface area contributed by atoms with E-state index in [0.29, 0.717) is 0 Å². The molecule has 3 aliphatic rings. The summed E-state index contributed by atoms with van der Waals surface area (Å²) in [5.74, 6) is 3.54. The van der Waals surface area contributed by atoms with Crippen molar-refractivity contribution < 1.29 is 0 Å². The van der Waals surface area contributed by atoms with Crippen molar-refractivity contribution in [3.63, 3.8) is 0 Å². The molecule has 0 amide bonds. The van der Waals surface area contributed by atoms with E-state index in [4.69, 9.17) is 0 Å². The van der Waals surface area contributed by atoms with Gasteiger partial charge in [-0.3, -0.25) is 0 Å². The van der Waals surface area contributed by atoms with Crippen LogP contribution < -0.4 is 0 Å². The van der Waals surface area contributed by atoms with Crippen LogP contribution in [0, 0.1) is 23.2 Å². The summed E-state index contributed by atoms with van der Waals surface area (Å²) < 4.78 is 0. The van der Waals surface area contributed by atoms with Crippen molar-refractivity contribution in [1.82, 2.24) is 0 Å². The second kappa shape index (κ2) is 1.44. The Morgan fingerprint density at radius 2 is 2.10 bits per heavy atom. The van der Waals surface area contributed by atoms with Gasteiger partial charge >= 0.3 is 0 Å². The highest BCUT2D eigenvalue weighted by Crippen LogP contribution is 2.71. The molecule has 4 atom stereocenters. The Kier molecular flexibility index (Phi) is 0.810. The molecule has 3 aliphatic carbocycles. The Morgan fingerprint density at radius 3 is 2.90 bits per heavy atom. The van der Waals surface area contributed by atoms with E-state index in [-0.39, 0.29) is 0 Å². The number of rotatable bonds is 0. The molecule has 0 bridgehead atoms. The molecule has 3 saturated carbocycles. The maximum absolute atomic E-state index is 2.51. The van der Waals surface area contributed by atoms with Gasteiger partial charge in [-0.15, -0.1) is 0 Å². The standard InChI is InChI=1S/C10H16/c1-10-5-7-3-2-4-8(7)9(10)6-10/h7-9H,2-6H2,1H3. The Bertz CT molecular complexity index is 169. The lowest BCUT2D eigenvalue weighted by Crippen LogP contribution is -2.02. The first-order valence-corrected chi connectivity index (χ1v) is 4.80. The fourth-order valence-electron chi connectivity index (χ4n) is 3.79. The van der Waals surface area contributed by atoms with Crippen LogP contribution in [0.25, 0.3) is 0 Å². The molecule has 0 nitrogen and oxygen atoms in total. The van der Waals surface area contributed by atoms with E-state index >= 15 is 0 Å². The molecule has 0 aliphatic heterocycles. The van der Waals surface area contributed by atoms with E-state index in [2.05, 4.69) is 6.92 Å². The third kappa shape index (κ3) is 0.500. The summed E-state index contributed by atoms with van der Waals surface area (Å²) in [5, 5.41) is 0. The molecule has 0 aromatic rings. The first-order valence-electron chi connectivity index (χ1n) is 4.80. The van der Waals surface area contributed by atoms with Gasteiger partial charge in [0.15, 0.2) is 0 Å². The van der Waals surface area contributed by atoms with Crippen LogP contribution >= 0.6 is 0 Å². The summed E-state index contributed by atoms with van der Waals surface area (Å²) in [4.78, 5) is 0. The van der Waals surface area contributed by atoms with Crippen molar-refractivity contribution in [2.75, 3.05) is 0 Å². The van der Waals surface area contributed by atoms with Crippen molar-refractivity contribution in [3.05, 3.63) is 0 Å². The van der Waals surface area contributed by atoms with Gasteiger partial charge in [0.25, 0.3) is 0 Å². The van der Waals surface area contributed by atoms with E-state index in [1.54, 1.807) is 32.1 Å². The number of fused-ring (bicyclic) bond motifs is 3. The van der Waals surface area contributed by atoms with Gasteiger partial charge in [-0.05, 0) is 42.4 Å². The maximum Gasteiger partial charge on any atom is -0.0289 e. The van der Waals surface area contributed by atoms with Gasteiger partial charge in [-0.1, -0.05) is 19.8 Å². The Balaban J connectivity index is 1.90. The molecule has 0 aromatic heterocycles. The van der Waals surface area contributed by atoms with E-state index in [1.807, 2.05) is 0 Å². The predicted molar refractivity (Wildman–Crippen MR) is 41.7 cm³/mol. The van der Waals surface area contributed by atoms with E-state index in [0.717, 1.165) is 5.41 Å². The summed E-state index contributed by atoms with van der Waals surface area (Å²) in [7, 11) is 0. The molecule has 0 heteroatoms. The molecule has 4 unspecified atom stereocenters. The van der Waals surface area contributed by atoms with E-state index < -0.39 is 0 Å². The second-order valence-electron chi connectivity index (χ2n) is 5.02. The fraction of sp³-hybridized carbons (Fsp3) is 1.00. The van der Waals surface area contributed by atoms with Crippen molar-refractivity contribution >= 4 is 0 Å². The Morgan fingerprint density at radius 1 is 1.20 bits per heavy atom. The third-order valence-electron chi connectivity index (χ3n) is 4.38. The summed E-state index contributed by atoms with van der Waals surface area (Å²) >= 11 is 0. The average Bonchev–Trinajstić information content (AvgIpc) is 2.32. The number of hydrogen-bond acceptors (Lipinski definition) is 0. The minimum Gasteiger partial charge on any atom is -0.0593 e. The zero-order valence-corrected chi connectivity index (χ0v) is 6.77. The topological polar surface area (TPSA) is 0 Å². The smallest absolute Gasteiger partial charge is 0.0289 e. The zero-order valence-electron chi connectivity index (χ0n) is 6.77. The van der Waals surface area contributed by atoms with Crippen LogP contribution in [0.1, 0.15) is 39.0 Å². The lowest BCUT2D eigenvalue weighted by molar-refractivity contribution is 0.386. The SMILES string of the molecule is CC12CC3CCCC3C1C2.